The Hall–Kier alpha value is -5.22. The van der Waals surface area contributed by atoms with Crippen LogP contribution >= 0.6 is 0 Å². The Morgan fingerprint density at radius 3 is 1.93 bits per heavy atom. The monoisotopic (exact) mass is 758 g/mol. The second kappa shape index (κ2) is 17.3. The van der Waals surface area contributed by atoms with Crippen molar-refractivity contribution in [2.75, 3.05) is 5.32 Å². The molecule has 0 radical (unpaired) electrons. The van der Waals surface area contributed by atoms with E-state index in [1.165, 1.54) is 0 Å². The number of benzene rings is 2. The molecule has 2 saturated carbocycles. The van der Waals surface area contributed by atoms with E-state index in [2.05, 4.69) is 20.6 Å². The summed E-state index contributed by atoms with van der Waals surface area (Å²) < 4.78 is 0. The third-order valence-electron chi connectivity index (χ3n) is 11.6. The number of anilines is 1. The van der Waals surface area contributed by atoms with E-state index in [9.17, 15) is 29.4 Å². The predicted molar refractivity (Wildman–Crippen MR) is 217 cm³/mol. The number of ketones is 1. The maximum Gasteiger partial charge on any atom is 0.320 e. The summed E-state index contributed by atoms with van der Waals surface area (Å²) in [7, 11) is 0. The standard InChI is InChI=1S/C46H54N4O6/c1-25(2)34(45(53)54)18-17-32-22-48-41(21-37(32)29-13-14-29)44(52)50-39-12-8-11-36(28(39)6)35-10-7-9-31(27(35)5)19-42(51)40-20-38(30-15-16-30)33(23-47-40)24-49-43(26(3)4)46(55)56/h7-12,20-23,25-26,29-30,34,43,49H,13-19,24H2,1-6H3,(H,50,52)(H,53,54)(H,55,56)/t34-,43-/m0/s1. The number of aromatic nitrogens is 2. The molecule has 294 valence electrons. The van der Waals surface area contributed by atoms with Gasteiger partial charge in [-0.25, -0.2) is 0 Å². The quantitative estimate of drug-likeness (QED) is 0.0729. The number of amides is 1. The third-order valence-corrected chi connectivity index (χ3v) is 11.6. The number of pyridine rings is 2. The van der Waals surface area contributed by atoms with Gasteiger partial charge in [-0.3, -0.25) is 29.1 Å². The first-order valence-corrected chi connectivity index (χ1v) is 19.9. The smallest absolute Gasteiger partial charge is 0.320 e. The number of rotatable bonds is 18. The van der Waals surface area contributed by atoms with Crippen LogP contribution in [0.2, 0.25) is 0 Å². The first-order chi connectivity index (χ1) is 26.7. The van der Waals surface area contributed by atoms with Crippen LogP contribution in [-0.2, 0) is 29.0 Å². The highest BCUT2D eigenvalue weighted by Crippen LogP contribution is 2.43. The number of carbonyl (C=O) groups is 4. The maximum atomic E-state index is 13.7. The molecule has 4 aromatic rings. The van der Waals surface area contributed by atoms with Gasteiger partial charge in [0.1, 0.15) is 17.4 Å². The van der Waals surface area contributed by atoms with Crippen LogP contribution in [0.4, 0.5) is 5.69 Å². The molecule has 0 aliphatic heterocycles. The molecule has 2 fully saturated rings. The first kappa shape index (κ1) is 40.4. The minimum atomic E-state index is -0.883. The molecule has 2 aliphatic carbocycles. The molecule has 2 aromatic carbocycles. The lowest BCUT2D eigenvalue weighted by Crippen LogP contribution is -2.40. The molecule has 6 rings (SSSR count). The predicted octanol–water partition coefficient (Wildman–Crippen LogP) is 8.68. The van der Waals surface area contributed by atoms with Crippen molar-refractivity contribution in [1.29, 1.82) is 0 Å². The van der Waals surface area contributed by atoms with E-state index in [4.69, 9.17) is 0 Å². The third kappa shape index (κ3) is 9.41. The second-order valence-corrected chi connectivity index (χ2v) is 16.4. The highest BCUT2D eigenvalue weighted by Gasteiger charge is 2.30. The van der Waals surface area contributed by atoms with Crippen LogP contribution < -0.4 is 10.6 Å². The molecule has 0 spiro atoms. The normalized spacial score (nSPS) is 15.1. The van der Waals surface area contributed by atoms with Gasteiger partial charge in [0.05, 0.1) is 5.92 Å². The van der Waals surface area contributed by atoms with Gasteiger partial charge in [0.2, 0.25) is 0 Å². The average molecular weight is 759 g/mol. The summed E-state index contributed by atoms with van der Waals surface area (Å²) in [6.45, 7) is 12.0. The number of nitrogens with one attached hydrogen (secondary N) is 2. The minimum Gasteiger partial charge on any atom is -0.481 e. The number of carbonyl (C=O) groups excluding carboxylic acids is 2. The Morgan fingerprint density at radius 1 is 0.732 bits per heavy atom. The van der Waals surface area contributed by atoms with Crippen molar-refractivity contribution in [2.45, 2.75) is 111 Å². The summed E-state index contributed by atoms with van der Waals surface area (Å²) in [4.78, 5) is 59.9. The molecule has 4 N–H and O–H groups in total. The highest BCUT2D eigenvalue weighted by atomic mass is 16.4. The van der Waals surface area contributed by atoms with Gasteiger partial charge in [0.25, 0.3) is 5.91 Å². The number of aliphatic carboxylic acids is 2. The lowest BCUT2D eigenvalue weighted by atomic mass is 9.88. The average Bonchev–Trinajstić information content (AvgIpc) is 4.08. The fraction of sp³-hybridized carbons (Fsp3) is 0.435. The van der Waals surface area contributed by atoms with Gasteiger partial charge in [-0.2, -0.15) is 0 Å². The molecule has 0 saturated heterocycles. The van der Waals surface area contributed by atoms with Crippen LogP contribution in [0.15, 0.2) is 60.9 Å². The van der Waals surface area contributed by atoms with Crippen molar-refractivity contribution < 1.29 is 29.4 Å². The van der Waals surface area contributed by atoms with Gasteiger partial charge in [-0.1, -0.05) is 58.0 Å². The minimum absolute atomic E-state index is 0.0322. The summed E-state index contributed by atoms with van der Waals surface area (Å²) in [6.07, 6.45) is 8.96. The van der Waals surface area contributed by atoms with E-state index in [-0.39, 0.29) is 29.9 Å². The van der Waals surface area contributed by atoms with Crippen molar-refractivity contribution >= 4 is 29.3 Å². The maximum absolute atomic E-state index is 13.7. The molecule has 0 unspecified atom stereocenters. The molecule has 2 atom stereocenters. The number of aryl methyl sites for hydroxylation is 1. The van der Waals surface area contributed by atoms with E-state index in [1.807, 2.05) is 90.1 Å². The van der Waals surface area contributed by atoms with E-state index in [0.717, 1.165) is 75.8 Å². The lowest BCUT2D eigenvalue weighted by Gasteiger charge is -2.19. The van der Waals surface area contributed by atoms with E-state index >= 15 is 0 Å². The van der Waals surface area contributed by atoms with E-state index in [0.29, 0.717) is 48.3 Å². The lowest BCUT2D eigenvalue weighted by molar-refractivity contribution is -0.143. The Balaban J connectivity index is 1.17. The number of hydrogen-bond acceptors (Lipinski definition) is 7. The van der Waals surface area contributed by atoms with Gasteiger partial charge < -0.3 is 20.8 Å². The SMILES string of the molecule is Cc1c(CC(=O)c2cc(C3CC3)c(CN[C@H](C(=O)O)C(C)C)cn2)cccc1-c1cccc(NC(=O)c2cc(C3CC3)c(CC[C@H](C(=O)O)C(C)C)cn2)c1C. The highest BCUT2D eigenvalue weighted by molar-refractivity contribution is 6.04. The van der Waals surface area contributed by atoms with Crippen LogP contribution in [0, 0.1) is 31.6 Å². The van der Waals surface area contributed by atoms with Crippen LogP contribution in [0.25, 0.3) is 11.1 Å². The Labute approximate surface area is 329 Å². The second-order valence-electron chi connectivity index (χ2n) is 16.4. The first-order valence-electron chi connectivity index (χ1n) is 19.9. The zero-order valence-electron chi connectivity index (χ0n) is 33.3. The molecule has 2 heterocycles. The molecule has 1 amide bonds. The molecular weight excluding hydrogens is 705 g/mol. The Bertz CT molecular complexity index is 1980. The van der Waals surface area contributed by atoms with E-state index in [1.54, 1.807) is 12.4 Å². The molecule has 0 bridgehead atoms. The van der Waals surface area contributed by atoms with Crippen LogP contribution in [0.5, 0.6) is 0 Å². The van der Waals surface area contributed by atoms with Gasteiger partial charge in [-0.15, -0.1) is 0 Å². The summed E-state index contributed by atoms with van der Waals surface area (Å²) in [5.74, 6) is -1.79. The van der Waals surface area contributed by atoms with Crippen molar-refractivity contribution in [2.24, 2.45) is 17.8 Å². The largest absolute Gasteiger partial charge is 0.481 e. The molecule has 2 aromatic heterocycles. The summed E-state index contributed by atoms with van der Waals surface area (Å²) in [5, 5.41) is 25.5. The summed E-state index contributed by atoms with van der Waals surface area (Å²) in [6, 6.07) is 14.9. The zero-order chi connectivity index (χ0) is 40.3. The Morgan fingerprint density at radius 2 is 1.32 bits per heavy atom. The van der Waals surface area contributed by atoms with Gasteiger partial charge >= 0.3 is 11.9 Å². The summed E-state index contributed by atoms with van der Waals surface area (Å²) in [5.41, 5.74) is 10.2. The summed E-state index contributed by atoms with van der Waals surface area (Å²) >= 11 is 0. The number of nitrogens with zero attached hydrogens (tertiary/aromatic N) is 2. The fourth-order valence-corrected chi connectivity index (χ4v) is 7.74. The van der Waals surface area contributed by atoms with E-state index < -0.39 is 23.9 Å². The van der Waals surface area contributed by atoms with Gasteiger partial charge in [0, 0.05) is 31.0 Å². The Kier molecular flexibility index (Phi) is 12.5. The number of carboxylic acid groups (broad SMARTS) is 2. The molecule has 10 heteroatoms. The van der Waals surface area contributed by atoms with Crippen LogP contribution in [0.3, 0.4) is 0 Å². The molecular formula is C46H54N4O6. The fourth-order valence-electron chi connectivity index (χ4n) is 7.74. The number of carboxylic acids is 2. The number of hydrogen-bond donors (Lipinski definition) is 4. The van der Waals surface area contributed by atoms with Crippen LogP contribution in [-0.4, -0.2) is 49.9 Å². The van der Waals surface area contributed by atoms with Crippen LogP contribution in [0.1, 0.15) is 132 Å². The topological polar surface area (TPSA) is 159 Å². The molecule has 10 nitrogen and oxygen atoms in total. The van der Waals surface area contributed by atoms with Gasteiger partial charge in [0.15, 0.2) is 5.78 Å². The zero-order valence-corrected chi connectivity index (χ0v) is 33.3. The van der Waals surface area contributed by atoms with Crippen molar-refractivity contribution in [3.8, 4) is 11.1 Å². The molecule has 56 heavy (non-hydrogen) atoms. The molecule has 2 aliphatic rings. The van der Waals surface area contributed by atoms with Crippen molar-refractivity contribution in [3.63, 3.8) is 0 Å². The van der Waals surface area contributed by atoms with Crippen molar-refractivity contribution in [1.82, 2.24) is 15.3 Å². The number of Topliss-reactive ketones (excluding diaryl/α,β-unsaturated/α-hetero) is 1. The van der Waals surface area contributed by atoms with Crippen molar-refractivity contribution in [3.05, 3.63) is 111 Å². The van der Waals surface area contributed by atoms with Gasteiger partial charge in [-0.05, 0) is 144 Å².